The molecule has 3 rings (SSSR count). The second kappa shape index (κ2) is 5.84. The molecule has 2 nitrogen and oxygen atoms in total. The normalized spacial score (nSPS) is 14.8. The Morgan fingerprint density at radius 3 is 2.80 bits per heavy atom. The van der Waals surface area contributed by atoms with Gasteiger partial charge in [0.05, 0.1) is 0 Å². The summed E-state index contributed by atoms with van der Waals surface area (Å²) in [6, 6.07) is 12.8. The SMILES string of the molecule is Cc1nc(N2CCCCc3ccccc32)ccc1CCl. The van der Waals surface area contributed by atoms with Crippen LogP contribution in [0.15, 0.2) is 36.4 Å². The van der Waals surface area contributed by atoms with Crippen molar-refractivity contribution in [1.29, 1.82) is 0 Å². The van der Waals surface area contributed by atoms with Crippen LogP contribution in [0.2, 0.25) is 0 Å². The van der Waals surface area contributed by atoms with Crippen molar-refractivity contribution >= 4 is 23.1 Å². The van der Waals surface area contributed by atoms with Gasteiger partial charge in [-0.3, -0.25) is 0 Å². The second-order valence-electron chi connectivity index (χ2n) is 5.29. The molecule has 0 amide bonds. The number of nitrogens with zero attached hydrogens (tertiary/aromatic N) is 2. The van der Waals surface area contributed by atoms with Gasteiger partial charge in [0.1, 0.15) is 5.82 Å². The van der Waals surface area contributed by atoms with Gasteiger partial charge in [-0.2, -0.15) is 0 Å². The van der Waals surface area contributed by atoms with E-state index in [0.717, 1.165) is 30.0 Å². The smallest absolute Gasteiger partial charge is 0.133 e. The highest BCUT2D eigenvalue weighted by atomic mass is 35.5. The summed E-state index contributed by atoms with van der Waals surface area (Å²) < 4.78 is 0. The van der Waals surface area contributed by atoms with Crippen LogP contribution in [-0.4, -0.2) is 11.5 Å². The van der Waals surface area contributed by atoms with Gasteiger partial charge in [0.2, 0.25) is 0 Å². The highest BCUT2D eigenvalue weighted by Gasteiger charge is 2.17. The van der Waals surface area contributed by atoms with Crippen LogP contribution < -0.4 is 4.90 Å². The molecule has 1 aliphatic rings. The molecule has 1 aromatic carbocycles. The van der Waals surface area contributed by atoms with Crippen molar-refractivity contribution in [1.82, 2.24) is 4.98 Å². The number of benzene rings is 1. The monoisotopic (exact) mass is 286 g/mol. The molecule has 0 aliphatic carbocycles. The molecule has 1 aromatic heterocycles. The lowest BCUT2D eigenvalue weighted by atomic mass is 10.1. The largest absolute Gasteiger partial charge is 0.326 e. The number of hydrogen-bond donors (Lipinski definition) is 0. The molecule has 2 heterocycles. The highest BCUT2D eigenvalue weighted by molar-refractivity contribution is 6.17. The molecule has 0 fully saturated rings. The van der Waals surface area contributed by atoms with E-state index in [-0.39, 0.29) is 0 Å². The van der Waals surface area contributed by atoms with E-state index in [0.29, 0.717) is 5.88 Å². The van der Waals surface area contributed by atoms with Crippen molar-refractivity contribution in [3.63, 3.8) is 0 Å². The molecule has 0 saturated heterocycles. The average Bonchev–Trinajstić information content (AvgIpc) is 2.69. The number of pyridine rings is 1. The fourth-order valence-corrected chi connectivity index (χ4v) is 3.08. The second-order valence-corrected chi connectivity index (χ2v) is 5.55. The molecule has 2 aromatic rings. The van der Waals surface area contributed by atoms with Crippen LogP contribution in [0, 0.1) is 6.92 Å². The topological polar surface area (TPSA) is 16.1 Å². The quantitative estimate of drug-likeness (QED) is 0.750. The Bertz CT molecular complexity index is 610. The Morgan fingerprint density at radius 1 is 1.15 bits per heavy atom. The summed E-state index contributed by atoms with van der Waals surface area (Å²) in [4.78, 5) is 7.09. The maximum absolute atomic E-state index is 5.92. The Balaban J connectivity index is 2.03. The third-order valence-electron chi connectivity index (χ3n) is 3.96. The minimum atomic E-state index is 0.524. The minimum absolute atomic E-state index is 0.524. The first-order valence-corrected chi connectivity index (χ1v) is 7.71. The van der Waals surface area contributed by atoms with E-state index in [1.54, 1.807) is 0 Å². The lowest BCUT2D eigenvalue weighted by Crippen LogP contribution is -2.19. The summed E-state index contributed by atoms with van der Waals surface area (Å²) in [5.74, 6) is 1.56. The van der Waals surface area contributed by atoms with Crippen LogP contribution in [0.25, 0.3) is 0 Å². The van der Waals surface area contributed by atoms with Crippen LogP contribution in [0.4, 0.5) is 11.5 Å². The van der Waals surface area contributed by atoms with E-state index in [1.807, 2.05) is 6.92 Å². The number of fused-ring (bicyclic) bond motifs is 1. The number of aryl methyl sites for hydroxylation is 2. The fraction of sp³-hybridized carbons (Fsp3) is 0.353. The zero-order valence-electron chi connectivity index (χ0n) is 11.8. The lowest BCUT2D eigenvalue weighted by molar-refractivity contribution is 0.757. The van der Waals surface area contributed by atoms with E-state index in [4.69, 9.17) is 16.6 Å². The van der Waals surface area contributed by atoms with Gasteiger partial charge in [-0.25, -0.2) is 4.98 Å². The zero-order valence-corrected chi connectivity index (χ0v) is 12.5. The first-order chi connectivity index (χ1) is 9.79. The maximum Gasteiger partial charge on any atom is 0.133 e. The Hall–Kier alpha value is -1.54. The summed E-state index contributed by atoms with van der Waals surface area (Å²) in [6.45, 7) is 3.06. The van der Waals surface area contributed by atoms with E-state index < -0.39 is 0 Å². The lowest BCUT2D eigenvalue weighted by Gasteiger charge is -2.24. The van der Waals surface area contributed by atoms with Gasteiger partial charge in [-0.05, 0) is 49.4 Å². The molecule has 0 N–H and O–H groups in total. The number of aromatic nitrogens is 1. The number of alkyl halides is 1. The maximum atomic E-state index is 5.92. The van der Waals surface area contributed by atoms with Crippen LogP contribution >= 0.6 is 11.6 Å². The molecule has 20 heavy (non-hydrogen) atoms. The molecular formula is C17H19ClN2. The van der Waals surface area contributed by atoms with Crippen molar-refractivity contribution in [3.05, 3.63) is 53.2 Å². The van der Waals surface area contributed by atoms with Crippen LogP contribution in [-0.2, 0) is 12.3 Å². The molecule has 104 valence electrons. The standard InChI is InChI=1S/C17H19ClN2/c1-13-15(12-18)9-10-17(19-13)20-11-5-4-7-14-6-2-3-8-16(14)20/h2-3,6,8-10H,4-5,7,11-12H2,1H3. The Labute approximate surface area is 125 Å². The summed E-state index contributed by atoms with van der Waals surface area (Å²) in [7, 11) is 0. The molecule has 0 bridgehead atoms. The van der Waals surface area contributed by atoms with Crippen LogP contribution in [0.1, 0.15) is 29.7 Å². The predicted molar refractivity (Wildman–Crippen MR) is 84.9 cm³/mol. The Morgan fingerprint density at radius 2 is 2.00 bits per heavy atom. The van der Waals surface area contributed by atoms with Gasteiger partial charge in [0.15, 0.2) is 0 Å². The number of anilines is 2. The molecule has 0 unspecified atom stereocenters. The zero-order chi connectivity index (χ0) is 13.9. The summed E-state index contributed by atoms with van der Waals surface area (Å²) in [5, 5.41) is 0. The first kappa shape index (κ1) is 13.4. The average molecular weight is 287 g/mol. The molecule has 3 heteroatoms. The van der Waals surface area contributed by atoms with Gasteiger partial charge >= 0.3 is 0 Å². The van der Waals surface area contributed by atoms with Crippen molar-refractivity contribution in [2.45, 2.75) is 32.1 Å². The Kier molecular flexibility index (Phi) is 3.93. The van der Waals surface area contributed by atoms with Crippen molar-refractivity contribution in [2.24, 2.45) is 0 Å². The number of halogens is 1. The van der Waals surface area contributed by atoms with E-state index in [2.05, 4.69) is 41.3 Å². The van der Waals surface area contributed by atoms with Crippen LogP contribution in [0.3, 0.4) is 0 Å². The molecule has 0 atom stereocenters. The number of para-hydroxylation sites is 1. The third kappa shape index (κ3) is 2.53. The molecule has 0 spiro atoms. The molecule has 0 radical (unpaired) electrons. The van der Waals surface area contributed by atoms with Gasteiger partial charge in [-0.15, -0.1) is 11.6 Å². The van der Waals surface area contributed by atoms with Crippen molar-refractivity contribution < 1.29 is 0 Å². The molecule has 0 saturated carbocycles. The summed E-state index contributed by atoms with van der Waals surface area (Å²) in [6.07, 6.45) is 3.60. The van der Waals surface area contributed by atoms with Gasteiger partial charge in [0, 0.05) is 23.8 Å². The number of hydrogen-bond acceptors (Lipinski definition) is 2. The first-order valence-electron chi connectivity index (χ1n) is 7.17. The summed E-state index contributed by atoms with van der Waals surface area (Å²) >= 11 is 5.92. The van der Waals surface area contributed by atoms with E-state index in [1.165, 1.54) is 24.1 Å². The summed E-state index contributed by atoms with van der Waals surface area (Å²) in [5.41, 5.74) is 4.86. The van der Waals surface area contributed by atoms with Gasteiger partial charge in [-0.1, -0.05) is 24.3 Å². The minimum Gasteiger partial charge on any atom is -0.326 e. The van der Waals surface area contributed by atoms with Gasteiger partial charge in [0.25, 0.3) is 0 Å². The number of rotatable bonds is 2. The molecular weight excluding hydrogens is 268 g/mol. The van der Waals surface area contributed by atoms with E-state index >= 15 is 0 Å². The van der Waals surface area contributed by atoms with E-state index in [9.17, 15) is 0 Å². The third-order valence-corrected chi connectivity index (χ3v) is 4.25. The molecule has 1 aliphatic heterocycles. The highest BCUT2D eigenvalue weighted by Crippen LogP contribution is 2.31. The fourth-order valence-electron chi connectivity index (χ4n) is 2.80. The van der Waals surface area contributed by atoms with Crippen LogP contribution in [0.5, 0.6) is 0 Å². The predicted octanol–water partition coefficient (Wildman–Crippen LogP) is 4.60. The van der Waals surface area contributed by atoms with Gasteiger partial charge < -0.3 is 4.90 Å². The van der Waals surface area contributed by atoms with Crippen molar-refractivity contribution in [3.8, 4) is 0 Å². The van der Waals surface area contributed by atoms with Crippen molar-refractivity contribution in [2.75, 3.05) is 11.4 Å².